The van der Waals surface area contributed by atoms with E-state index in [0.29, 0.717) is 126 Å². The summed E-state index contributed by atoms with van der Waals surface area (Å²) >= 11 is 0. The minimum Gasteiger partial charge on any atom is -0.507 e. The van der Waals surface area contributed by atoms with Crippen LogP contribution in [0.25, 0.3) is 0 Å². The highest BCUT2D eigenvalue weighted by Gasteiger charge is 2.58. The van der Waals surface area contributed by atoms with Crippen molar-refractivity contribution in [3.63, 3.8) is 0 Å². The van der Waals surface area contributed by atoms with Crippen molar-refractivity contribution in [2.24, 2.45) is 5.41 Å². The van der Waals surface area contributed by atoms with Crippen LogP contribution in [0.1, 0.15) is 293 Å². The monoisotopic (exact) mass is 1230 g/mol. The first-order valence-corrected chi connectivity index (χ1v) is 33.7. The Morgan fingerprint density at radius 3 is 0.719 bits per heavy atom. The Balaban J connectivity index is 1.81. The SMILES string of the molecule is CCc1c(CCCC(=O)OCC(C)(C)C(OC(=O)CCCc2cc(C(C)(C)C)c(O)c(CC)c2CC)(OC(=O)CCCc2cc(C(C)(C)C)c(O)c(CC)c2CC)OC(=O)CCCc2cc(C(C)(C)C)c(O)c(CC)c2CC)cc(C(C)(C)C)c(O)c1CC. The molecule has 0 atom stereocenters. The van der Waals surface area contributed by atoms with Gasteiger partial charge < -0.3 is 39.4 Å². The van der Waals surface area contributed by atoms with E-state index in [1.165, 1.54) is 0 Å². The van der Waals surface area contributed by atoms with Gasteiger partial charge in [-0.15, -0.1) is 0 Å². The summed E-state index contributed by atoms with van der Waals surface area (Å²) < 4.78 is 25.3. The van der Waals surface area contributed by atoms with Gasteiger partial charge in [-0.3, -0.25) is 19.2 Å². The molecule has 496 valence electrons. The van der Waals surface area contributed by atoms with Crippen molar-refractivity contribution in [3.8, 4) is 23.0 Å². The second kappa shape index (κ2) is 31.3. The molecule has 0 amide bonds. The van der Waals surface area contributed by atoms with Gasteiger partial charge in [0.05, 0.1) is 0 Å². The lowest BCUT2D eigenvalue weighted by molar-refractivity contribution is -0.377. The summed E-state index contributed by atoms with van der Waals surface area (Å²) in [6, 6.07) is 8.16. The maximum atomic E-state index is 14.8. The highest BCUT2D eigenvalue weighted by Crippen LogP contribution is 2.44. The summed E-state index contributed by atoms with van der Waals surface area (Å²) in [4.78, 5) is 58.3. The van der Waals surface area contributed by atoms with Crippen molar-refractivity contribution in [2.75, 3.05) is 6.61 Å². The van der Waals surface area contributed by atoms with Gasteiger partial charge in [0.25, 0.3) is 0 Å². The zero-order valence-corrected chi connectivity index (χ0v) is 59.2. The lowest BCUT2D eigenvalue weighted by Gasteiger charge is -2.41. The van der Waals surface area contributed by atoms with Gasteiger partial charge in [0.2, 0.25) is 0 Å². The topological polar surface area (TPSA) is 186 Å². The molecule has 89 heavy (non-hydrogen) atoms. The van der Waals surface area contributed by atoms with Crippen molar-refractivity contribution in [2.45, 2.75) is 308 Å². The van der Waals surface area contributed by atoms with Crippen LogP contribution in [-0.2, 0) is 137 Å². The molecule has 0 aliphatic rings. The average Bonchev–Trinajstić information content (AvgIpc) is 0.933. The van der Waals surface area contributed by atoms with Crippen LogP contribution < -0.4 is 0 Å². The molecule has 0 spiro atoms. The third-order valence-electron chi connectivity index (χ3n) is 18.0. The van der Waals surface area contributed by atoms with Crippen LogP contribution in [-0.4, -0.2) is 56.9 Å². The number of aryl methyl sites for hydroxylation is 4. The van der Waals surface area contributed by atoms with Crippen molar-refractivity contribution >= 4 is 23.9 Å². The number of aromatic hydroxyl groups is 4. The molecule has 4 rings (SSSR count). The van der Waals surface area contributed by atoms with E-state index in [9.17, 15) is 39.6 Å². The number of ether oxygens (including phenoxy) is 4. The Labute approximate surface area is 536 Å². The van der Waals surface area contributed by atoms with Crippen molar-refractivity contribution < 1.29 is 58.6 Å². The van der Waals surface area contributed by atoms with E-state index in [-0.39, 0.29) is 47.3 Å². The molecule has 0 heterocycles. The predicted molar refractivity (Wildman–Crippen MR) is 360 cm³/mol. The molecule has 4 N–H and O–H groups in total. The molecular formula is C77H116O12. The molecule has 0 aromatic heterocycles. The minimum absolute atomic E-state index is 0.0217. The zero-order valence-electron chi connectivity index (χ0n) is 59.2. The van der Waals surface area contributed by atoms with Crippen LogP contribution in [0.2, 0.25) is 0 Å². The van der Waals surface area contributed by atoms with Crippen LogP contribution in [0.5, 0.6) is 23.0 Å². The maximum absolute atomic E-state index is 14.8. The third kappa shape index (κ3) is 18.6. The molecule has 0 saturated carbocycles. The largest absolute Gasteiger partial charge is 0.507 e. The van der Waals surface area contributed by atoms with Gasteiger partial charge in [-0.05, 0) is 227 Å². The molecule has 4 aromatic rings. The first-order chi connectivity index (χ1) is 41.4. The molecule has 0 bridgehead atoms. The van der Waals surface area contributed by atoms with E-state index in [1.54, 1.807) is 13.8 Å². The molecule has 12 nitrogen and oxygen atoms in total. The number of phenols is 4. The maximum Gasteiger partial charge on any atom is 0.432 e. The summed E-state index contributed by atoms with van der Waals surface area (Å²) in [6.45, 7) is 43.8. The van der Waals surface area contributed by atoms with Gasteiger partial charge in [0.15, 0.2) is 0 Å². The fraction of sp³-hybridized carbons (Fsp3) is 0.636. The lowest BCUT2D eigenvalue weighted by Crippen LogP contribution is -2.57. The van der Waals surface area contributed by atoms with Crippen LogP contribution >= 0.6 is 0 Å². The number of esters is 4. The smallest absolute Gasteiger partial charge is 0.432 e. The van der Waals surface area contributed by atoms with Crippen LogP contribution in [0, 0.1) is 5.41 Å². The van der Waals surface area contributed by atoms with Gasteiger partial charge in [-0.25, -0.2) is 0 Å². The molecular weight excluding hydrogens is 1120 g/mol. The molecule has 12 heteroatoms. The fourth-order valence-electron chi connectivity index (χ4n) is 13.0. The number of carbonyl (C=O) groups is 4. The van der Waals surface area contributed by atoms with Crippen LogP contribution in [0.3, 0.4) is 0 Å². The summed E-state index contributed by atoms with van der Waals surface area (Å²) in [6.07, 6.45) is 8.09. The number of benzene rings is 4. The Bertz CT molecular complexity index is 2870. The Morgan fingerprint density at radius 1 is 0.326 bits per heavy atom. The average molecular weight is 1230 g/mol. The van der Waals surface area contributed by atoms with E-state index in [2.05, 4.69) is 117 Å². The summed E-state index contributed by atoms with van der Waals surface area (Å²) in [7, 11) is 0. The first kappa shape index (κ1) is 75.4. The summed E-state index contributed by atoms with van der Waals surface area (Å²) in [5.41, 5.74) is 12.0. The number of hydrogen-bond acceptors (Lipinski definition) is 12. The Kier molecular flexibility index (Phi) is 26.5. The van der Waals surface area contributed by atoms with Crippen molar-refractivity contribution in [3.05, 3.63) is 113 Å². The van der Waals surface area contributed by atoms with Gasteiger partial charge in [0.1, 0.15) is 35.0 Å². The lowest BCUT2D eigenvalue weighted by atomic mass is 9.80. The molecule has 0 fully saturated rings. The van der Waals surface area contributed by atoms with Crippen molar-refractivity contribution in [1.82, 2.24) is 0 Å². The quantitative estimate of drug-likeness (QED) is 0.0286. The number of rotatable bonds is 30. The second-order valence-electron chi connectivity index (χ2n) is 29.3. The Morgan fingerprint density at radius 2 is 0.528 bits per heavy atom. The highest BCUT2D eigenvalue weighted by molar-refractivity contribution is 5.75. The number of phenolic OH excluding ortho intramolecular Hbond substituents is 4. The predicted octanol–water partition coefficient (Wildman–Crippen LogP) is 17.4. The van der Waals surface area contributed by atoms with Gasteiger partial charge in [-0.1, -0.05) is 163 Å². The van der Waals surface area contributed by atoms with E-state index in [0.717, 1.165) is 89.0 Å². The molecule has 0 unspecified atom stereocenters. The molecule has 0 radical (unpaired) electrons. The normalized spacial score (nSPS) is 12.6. The fourth-order valence-corrected chi connectivity index (χ4v) is 13.0. The second-order valence-corrected chi connectivity index (χ2v) is 29.3. The van der Waals surface area contributed by atoms with Gasteiger partial charge >= 0.3 is 29.9 Å². The van der Waals surface area contributed by atoms with E-state index in [4.69, 9.17) is 18.9 Å². The molecule has 0 aliphatic carbocycles. The molecule has 4 aromatic carbocycles. The summed E-state index contributed by atoms with van der Waals surface area (Å²) in [5, 5.41) is 45.8. The van der Waals surface area contributed by atoms with E-state index in [1.807, 2.05) is 45.9 Å². The highest BCUT2D eigenvalue weighted by atomic mass is 16.9. The van der Waals surface area contributed by atoms with Crippen molar-refractivity contribution in [1.29, 1.82) is 0 Å². The van der Waals surface area contributed by atoms with Gasteiger partial charge in [-0.2, -0.15) is 0 Å². The van der Waals surface area contributed by atoms with Crippen LogP contribution in [0.15, 0.2) is 24.3 Å². The van der Waals surface area contributed by atoms with Gasteiger partial charge in [0, 0.05) is 25.7 Å². The number of hydrogen-bond donors (Lipinski definition) is 4. The first-order valence-electron chi connectivity index (χ1n) is 33.7. The zero-order chi connectivity index (χ0) is 67.4. The Hall–Kier alpha value is -6.04. The summed E-state index contributed by atoms with van der Waals surface area (Å²) in [5.74, 6) is -4.46. The van der Waals surface area contributed by atoms with E-state index >= 15 is 0 Å². The third-order valence-corrected chi connectivity index (χ3v) is 18.0. The van der Waals surface area contributed by atoms with E-state index < -0.39 is 41.9 Å². The standard InChI is InChI=1S/C77H116O12/c1-23-52-48(43-60(72(9,10)11)68(82)56(52)27-5)35-31-39-64(78)86-47-76(21,22)77(87-65(79)40-32-36-49-44-61(73(12,13)14)69(83)57(28-6)53(49)24-2,88-66(80)41-33-37-50-45-62(74(15,16)17)70(84)58(29-7)54(50)25-3)89-67(81)42-34-38-51-46-63(75(18,19)20)71(85)59(30-8)55(51)26-4/h43-46,82-85H,23-42,47H2,1-22H3. The minimum atomic E-state index is -2.72. The van der Waals surface area contributed by atoms with Crippen LogP contribution in [0.4, 0.5) is 0 Å². The number of carbonyl (C=O) groups excluding carboxylic acids is 4. The molecule has 0 saturated heterocycles. The molecule has 0 aliphatic heterocycles.